The van der Waals surface area contributed by atoms with E-state index in [9.17, 15) is 4.79 Å². The molecule has 3 rings (SSSR count). The largest absolute Gasteiger partial charge is 0.307 e. The summed E-state index contributed by atoms with van der Waals surface area (Å²) in [6, 6.07) is 3.16. The predicted molar refractivity (Wildman–Crippen MR) is 74.1 cm³/mol. The minimum absolute atomic E-state index is 0.251. The van der Waals surface area contributed by atoms with Crippen LogP contribution < -0.4 is 5.32 Å². The van der Waals surface area contributed by atoms with Gasteiger partial charge in [0.05, 0.1) is 24.7 Å². The second kappa shape index (κ2) is 5.87. The van der Waals surface area contributed by atoms with Crippen LogP contribution in [0.2, 0.25) is 0 Å². The number of carbonyl (C=O) groups is 1. The minimum atomic E-state index is 0.251. The molecule has 2 fully saturated rings. The van der Waals surface area contributed by atoms with Crippen molar-refractivity contribution in [2.75, 3.05) is 6.54 Å². The molecule has 2 aliphatic rings. The summed E-state index contributed by atoms with van der Waals surface area (Å²) in [5.74, 6) is 0.251. The van der Waals surface area contributed by atoms with E-state index >= 15 is 0 Å². The van der Waals surface area contributed by atoms with E-state index in [0.29, 0.717) is 25.0 Å². The van der Waals surface area contributed by atoms with Gasteiger partial charge in [-0.3, -0.25) is 9.48 Å². The number of carbonyl (C=O) groups excluding carboxylic acids is 1. The van der Waals surface area contributed by atoms with Crippen LogP contribution >= 0.6 is 0 Å². The van der Waals surface area contributed by atoms with E-state index in [1.807, 2.05) is 12.3 Å². The lowest BCUT2D eigenvalue weighted by atomic mass is 9.96. The molecule has 1 N–H and O–H groups in total. The van der Waals surface area contributed by atoms with Crippen molar-refractivity contribution in [2.24, 2.45) is 0 Å². The Morgan fingerprint density at radius 2 is 2.05 bits per heavy atom. The normalized spacial score (nSPS) is 20.6. The summed E-state index contributed by atoms with van der Waals surface area (Å²) in [6.45, 7) is 0.501. The van der Waals surface area contributed by atoms with Crippen molar-refractivity contribution >= 4 is 5.78 Å². The third-order valence-electron chi connectivity index (χ3n) is 4.16. The Kier molecular flexibility index (Phi) is 3.97. The van der Waals surface area contributed by atoms with Crippen molar-refractivity contribution in [3.8, 4) is 0 Å². The molecular formula is C15H23N3O. The van der Waals surface area contributed by atoms with Crippen LogP contribution in [0.15, 0.2) is 12.3 Å². The maximum Gasteiger partial charge on any atom is 0.152 e. The molecule has 4 nitrogen and oxygen atoms in total. The van der Waals surface area contributed by atoms with Gasteiger partial charge in [-0.05, 0) is 31.7 Å². The number of nitrogens with zero attached hydrogens (tertiary/aromatic N) is 2. The topological polar surface area (TPSA) is 46.9 Å². The smallest absolute Gasteiger partial charge is 0.152 e. The molecule has 0 amide bonds. The van der Waals surface area contributed by atoms with Crippen molar-refractivity contribution in [3.05, 3.63) is 18.0 Å². The Morgan fingerprint density at radius 3 is 2.79 bits per heavy atom. The zero-order valence-electron chi connectivity index (χ0n) is 11.5. The molecule has 0 radical (unpaired) electrons. The molecule has 0 bridgehead atoms. The summed E-state index contributed by atoms with van der Waals surface area (Å²) in [5.41, 5.74) is 0.924. The first-order chi connectivity index (χ1) is 9.31. The molecule has 0 unspecified atom stereocenters. The molecule has 0 atom stereocenters. The Bertz CT molecular complexity index is 430. The van der Waals surface area contributed by atoms with Crippen LogP contribution in [0.3, 0.4) is 0 Å². The molecule has 0 aliphatic heterocycles. The van der Waals surface area contributed by atoms with E-state index < -0.39 is 0 Å². The first-order valence-electron chi connectivity index (χ1n) is 7.60. The zero-order chi connectivity index (χ0) is 13.1. The van der Waals surface area contributed by atoms with E-state index in [-0.39, 0.29) is 5.78 Å². The van der Waals surface area contributed by atoms with E-state index in [2.05, 4.69) is 15.1 Å². The van der Waals surface area contributed by atoms with Gasteiger partial charge in [0.25, 0.3) is 0 Å². The number of nitrogens with one attached hydrogen (secondary N) is 1. The highest BCUT2D eigenvalue weighted by Crippen LogP contribution is 2.27. The fourth-order valence-electron chi connectivity index (χ4n) is 2.83. The first-order valence-corrected chi connectivity index (χ1v) is 7.60. The highest BCUT2D eigenvalue weighted by Gasteiger charge is 2.21. The minimum Gasteiger partial charge on any atom is -0.307 e. The predicted octanol–water partition coefficient (Wildman–Crippen LogP) is 2.25. The fraction of sp³-hybridized carbons (Fsp3) is 0.733. The molecule has 0 aromatic carbocycles. The lowest BCUT2D eigenvalue weighted by Crippen LogP contribution is -2.26. The summed E-state index contributed by atoms with van der Waals surface area (Å²) in [6.07, 6.45) is 11.4. The van der Waals surface area contributed by atoms with Crippen molar-refractivity contribution in [3.63, 3.8) is 0 Å². The fourth-order valence-corrected chi connectivity index (χ4v) is 2.83. The van der Waals surface area contributed by atoms with E-state index in [1.165, 1.54) is 44.9 Å². The molecule has 0 spiro atoms. The molecular weight excluding hydrogens is 238 g/mol. The summed E-state index contributed by atoms with van der Waals surface area (Å²) < 4.78 is 2.08. The number of rotatable bonds is 6. The van der Waals surface area contributed by atoms with Gasteiger partial charge in [0, 0.05) is 12.2 Å². The maximum atomic E-state index is 11.8. The van der Waals surface area contributed by atoms with Crippen LogP contribution in [0.25, 0.3) is 0 Å². The Labute approximate surface area is 114 Å². The third kappa shape index (κ3) is 3.66. The van der Waals surface area contributed by atoms with Crippen molar-refractivity contribution < 1.29 is 4.79 Å². The number of ketones is 1. The lowest BCUT2D eigenvalue weighted by molar-refractivity contribution is -0.117. The maximum absolute atomic E-state index is 11.8. The van der Waals surface area contributed by atoms with Gasteiger partial charge in [-0.2, -0.15) is 5.10 Å². The molecule has 2 aliphatic carbocycles. The van der Waals surface area contributed by atoms with Gasteiger partial charge in [-0.25, -0.2) is 0 Å². The molecule has 1 aromatic heterocycles. The van der Waals surface area contributed by atoms with Gasteiger partial charge in [0.15, 0.2) is 5.78 Å². The van der Waals surface area contributed by atoms with Crippen LogP contribution in [0.4, 0.5) is 0 Å². The number of hydrogen-bond acceptors (Lipinski definition) is 3. The van der Waals surface area contributed by atoms with E-state index in [0.717, 1.165) is 5.69 Å². The Morgan fingerprint density at radius 1 is 1.26 bits per heavy atom. The van der Waals surface area contributed by atoms with Gasteiger partial charge in [-0.15, -0.1) is 0 Å². The van der Waals surface area contributed by atoms with Crippen LogP contribution in [0.1, 0.15) is 56.7 Å². The van der Waals surface area contributed by atoms with Crippen molar-refractivity contribution in [1.29, 1.82) is 0 Å². The van der Waals surface area contributed by atoms with Crippen LogP contribution in [-0.2, 0) is 11.2 Å². The highest BCUT2D eigenvalue weighted by atomic mass is 16.1. The second-order valence-corrected chi connectivity index (χ2v) is 5.95. The van der Waals surface area contributed by atoms with E-state index in [4.69, 9.17) is 0 Å². The van der Waals surface area contributed by atoms with Gasteiger partial charge in [0.1, 0.15) is 0 Å². The molecule has 4 heteroatoms. The third-order valence-corrected chi connectivity index (χ3v) is 4.16. The Balaban J connectivity index is 1.50. The van der Waals surface area contributed by atoms with E-state index in [1.54, 1.807) is 0 Å². The number of hydrogen-bond donors (Lipinski definition) is 1. The lowest BCUT2D eigenvalue weighted by Gasteiger charge is -2.21. The van der Waals surface area contributed by atoms with Crippen molar-refractivity contribution in [2.45, 2.75) is 63.5 Å². The number of Topliss-reactive ketones (excluding diaryl/α,β-unsaturated/α-hetero) is 1. The SMILES string of the molecule is O=C(CNC1CC1)Cc1ccn(C2CCCCC2)n1. The molecule has 0 saturated heterocycles. The van der Waals surface area contributed by atoms with Gasteiger partial charge >= 0.3 is 0 Å². The number of aromatic nitrogens is 2. The molecule has 1 aromatic rings. The average molecular weight is 261 g/mol. The standard InChI is InChI=1S/C15H23N3O/c19-15(11-16-12-6-7-12)10-13-8-9-18(17-13)14-4-2-1-3-5-14/h8-9,12,14,16H,1-7,10-11H2. The molecule has 2 saturated carbocycles. The van der Waals surface area contributed by atoms with Crippen LogP contribution in [-0.4, -0.2) is 28.2 Å². The van der Waals surface area contributed by atoms with Gasteiger partial charge in [0.2, 0.25) is 0 Å². The molecule has 1 heterocycles. The zero-order valence-corrected chi connectivity index (χ0v) is 11.5. The monoisotopic (exact) mass is 261 g/mol. The van der Waals surface area contributed by atoms with Gasteiger partial charge in [-0.1, -0.05) is 19.3 Å². The first kappa shape index (κ1) is 12.9. The van der Waals surface area contributed by atoms with Crippen molar-refractivity contribution in [1.82, 2.24) is 15.1 Å². The van der Waals surface area contributed by atoms with Crippen LogP contribution in [0.5, 0.6) is 0 Å². The molecule has 104 valence electrons. The summed E-state index contributed by atoms with van der Waals surface area (Å²) >= 11 is 0. The Hall–Kier alpha value is -1.16. The van der Waals surface area contributed by atoms with Gasteiger partial charge < -0.3 is 5.32 Å². The summed E-state index contributed by atoms with van der Waals surface area (Å²) in [4.78, 5) is 11.8. The summed E-state index contributed by atoms with van der Waals surface area (Å²) in [5, 5.41) is 7.85. The summed E-state index contributed by atoms with van der Waals surface area (Å²) in [7, 11) is 0. The molecule has 19 heavy (non-hydrogen) atoms. The average Bonchev–Trinajstić information content (AvgIpc) is 3.16. The van der Waals surface area contributed by atoms with Crippen LogP contribution in [0, 0.1) is 0 Å². The highest BCUT2D eigenvalue weighted by molar-refractivity contribution is 5.82. The quantitative estimate of drug-likeness (QED) is 0.854. The second-order valence-electron chi connectivity index (χ2n) is 5.95.